The maximum Gasteiger partial charge on any atom is 0.322 e. The Hall–Kier alpha value is -0.870. The van der Waals surface area contributed by atoms with E-state index in [4.69, 9.17) is 20.2 Å². The predicted molar refractivity (Wildman–Crippen MR) is 157 cm³/mol. The maximum atomic E-state index is 12.2. The van der Waals surface area contributed by atoms with E-state index in [1.807, 2.05) is 0 Å². The van der Waals surface area contributed by atoms with Crippen molar-refractivity contribution in [2.45, 2.75) is 112 Å². The summed E-state index contributed by atoms with van der Waals surface area (Å²) in [5.74, 6) is 2.26. The lowest BCUT2D eigenvalue weighted by atomic mass is 9.85. The van der Waals surface area contributed by atoms with Gasteiger partial charge < -0.3 is 25.2 Å². The summed E-state index contributed by atoms with van der Waals surface area (Å²) in [5.41, 5.74) is 6.09. The molecule has 2 heterocycles. The summed E-state index contributed by atoms with van der Waals surface area (Å²) in [7, 11) is 0. The van der Waals surface area contributed by atoms with Gasteiger partial charge >= 0.3 is 5.97 Å². The van der Waals surface area contributed by atoms with Gasteiger partial charge in [0.05, 0.1) is 25.4 Å². The molecule has 3 saturated carbocycles. The van der Waals surface area contributed by atoms with E-state index in [0.717, 1.165) is 58.4 Å². The Balaban J connectivity index is 0.994. The van der Waals surface area contributed by atoms with Crippen molar-refractivity contribution in [3.8, 4) is 0 Å². The van der Waals surface area contributed by atoms with Gasteiger partial charge in [-0.2, -0.15) is 11.8 Å². The number of carbonyl (C=O) groups excluding carboxylic acids is 1. The minimum absolute atomic E-state index is 0.140. The van der Waals surface area contributed by atoms with Gasteiger partial charge in [-0.05, 0) is 44.4 Å². The minimum Gasteiger partial charge on any atom is -0.462 e. The molecule has 3 aliphatic carbocycles. The lowest BCUT2D eigenvalue weighted by Crippen LogP contribution is -2.52. The van der Waals surface area contributed by atoms with E-state index in [0.29, 0.717) is 41.6 Å². The normalized spacial score (nSPS) is 33.4. The van der Waals surface area contributed by atoms with Gasteiger partial charge in [0.2, 0.25) is 0 Å². The summed E-state index contributed by atoms with van der Waals surface area (Å²) in [6.45, 7) is 6.39. The third-order valence-electron chi connectivity index (χ3n) is 9.75. The van der Waals surface area contributed by atoms with Crippen LogP contribution in [0.1, 0.15) is 83.5 Å². The second-order valence-electron chi connectivity index (χ2n) is 12.6. The quantitative estimate of drug-likeness (QED) is 0.325. The molecule has 0 aromatic carbocycles. The molecule has 5 rings (SSSR count). The number of ether oxygens (including phenoxy) is 2. The van der Waals surface area contributed by atoms with E-state index in [9.17, 15) is 9.90 Å². The van der Waals surface area contributed by atoms with Crippen molar-refractivity contribution in [2.75, 3.05) is 52.5 Å². The van der Waals surface area contributed by atoms with Gasteiger partial charge in [0.1, 0.15) is 18.5 Å². The van der Waals surface area contributed by atoms with Gasteiger partial charge in [-0.15, -0.1) is 0 Å². The number of piperazine rings is 1. The van der Waals surface area contributed by atoms with Gasteiger partial charge in [0.25, 0.3) is 0 Å². The number of carbonyl (C=O) groups is 1. The molecule has 39 heavy (non-hydrogen) atoms. The molecule has 0 aromatic rings. The van der Waals surface area contributed by atoms with Crippen LogP contribution >= 0.6 is 11.8 Å². The van der Waals surface area contributed by atoms with E-state index in [-0.39, 0.29) is 18.7 Å². The van der Waals surface area contributed by atoms with Gasteiger partial charge in [0.15, 0.2) is 0 Å². The Labute approximate surface area is 239 Å². The fraction of sp³-hybridized carbons (Fsp3) is 0.933. The number of aliphatic hydroxyl groups excluding tert-OH is 1. The maximum absolute atomic E-state index is 12.2. The molecule has 0 aromatic heterocycles. The largest absolute Gasteiger partial charge is 0.462 e. The molecule has 0 amide bonds. The Kier molecular flexibility index (Phi) is 11.3. The molecule has 8 nitrogen and oxygen atoms in total. The number of aliphatic imine (C=N–C) groups is 1. The van der Waals surface area contributed by atoms with Gasteiger partial charge in [-0.25, -0.2) is 0 Å². The number of hydrogen-bond acceptors (Lipinski definition) is 9. The van der Waals surface area contributed by atoms with E-state index in [1.165, 1.54) is 63.6 Å². The van der Waals surface area contributed by atoms with Crippen LogP contribution < -0.4 is 5.73 Å². The molecule has 6 unspecified atom stereocenters. The molecule has 0 bridgehead atoms. The zero-order chi connectivity index (χ0) is 27.0. The number of aliphatic hydroxyl groups is 1. The molecule has 6 atom stereocenters. The fourth-order valence-corrected chi connectivity index (χ4v) is 9.34. The van der Waals surface area contributed by atoms with Crippen molar-refractivity contribution >= 4 is 23.6 Å². The van der Waals surface area contributed by atoms with Gasteiger partial charge in [-0.3, -0.25) is 14.7 Å². The zero-order valence-electron chi connectivity index (χ0n) is 23.9. The van der Waals surface area contributed by atoms with Gasteiger partial charge in [-0.1, -0.05) is 44.9 Å². The van der Waals surface area contributed by atoms with Crippen LogP contribution in [0.2, 0.25) is 0 Å². The van der Waals surface area contributed by atoms with Crippen molar-refractivity contribution < 1.29 is 19.4 Å². The Morgan fingerprint density at radius 3 is 2.54 bits per heavy atom. The van der Waals surface area contributed by atoms with E-state index >= 15 is 0 Å². The summed E-state index contributed by atoms with van der Waals surface area (Å²) < 4.78 is 11.2. The predicted octanol–water partition coefficient (Wildman–Crippen LogP) is 3.45. The molecule has 2 aliphatic heterocycles. The van der Waals surface area contributed by atoms with Crippen LogP contribution in [0.5, 0.6) is 0 Å². The number of thioether (sulfide) groups is 1. The number of fused-ring (bicyclic) bond motifs is 2. The summed E-state index contributed by atoms with van der Waals surface area (Å²) in [6, 6.07) is -0.123. The number of amidine groups is 1. The number of nitrogens with zero attached hydrogens (tertiary/aromatic N) is 3. The first-order valence-electron chi connectivity index (χ1n) is 16.0. The second kappa shape index (κ2) is 14.9. The number of hydrogen-bond donors (Lipinski definition) is 2. The first-order valence-corrected chi connectivity index (χ1v) is 16.9. The molecule has 222 valence electrons. The summed E-state index contributed by atoms with van der Waals surface area (Å²) in [6.07, 6.45) is 14.9. The van der Waals surface area contributed by atoms with Crippen LogP contribution in [0, 0.1) is 11.8 Å². The molecule has 4 fully saturated rings. The highest BCUT2D eigenvalue weighted by Gasteiger charge is 2.42. The first-order chi connectivity index (χ1) is 19.1. The topological polar surface area (TPSA) is 101 Å². The standard InChI is InChI=1S/C30H52N4O4S/c31-25(20-22-6-2-1-3-7-22)30(36)38-19-18-37-17-16-33-12-14-34(15-13-33)29-24-8-4-5-9-27(24)39-28-21-23(35)10-11-26(28)32-29/h22-28,35H,1-21,31H2. The lowest BCUT2D eigenvalue weighted by Gasteiger charge is -2.41. The molecule has 0 radical (unpaired) electrons. The summed E-state index contributed by atoms with van der Waals surface area (Å²) >= 11 is 2.15. The van der Waals surface area contributed by atoms with E-state index < -0.39 is 6.04 Å². The molecular weight excluding hydrogens is 512 g/mol. The van der Waals surface area contributed by atoms with Crippen molar-refractivity contribution in [1.29, 1.82) is 0 Å². The molecule has 9 heteroatoms. The smallest absolute Gasteiger partial charge is 0.322 e. The van der Waals surface area contributed by atoms with Crippen molar-refractivity contribution in [2.24, 2.45) is 22.6 Å². The minimum atomic E-state index is -0.500. The van der Waals surface area contributed by atoms with Crippen LogP contribution in [-0.4, -0.2) is 108 Å². The number of rotatable bonds is 9. The van der Waals surface area contributed by atoms with Crippen LogP contribution in [-0.2, 0) is 14.3 Å². The number of nitrogens with two attached hydrogens (primary N) is 1. The van der Waals surface area contributed by atoms with Gasteiger partial charge in [0, 0.05) is 49.1 Å². The number of esters is 1. The highest BCUT2D eigenvalue weighted by Crippen LogP contribution is 2.44. The van der Waals surface area contributed by atoms with Crippen molar-refractivity contribution in [1.82, 2.24) is 9.80 Å². The molecule has 5 aliphatic rings. The van der Waals surface area contributed by atoms with Crippen molar-refractivity contribution in [3.63, 3.8) is 0 Å². The molecule has 1 saturated heterocycles. The molecule has 0 spiro atoms. The van der Waals surface area contributed by atoms with Crippen LogP contribution in [0.4, 0.5) is 0 Å². The fourth-order valence-electron chi connectivity index (χ4n) is 7.43. The second-order valence-corrected chi connectivity index (χ2v) is 14.1. The molecular formula is C30H52N4O4S. The van der Waals surface area contributed by atoms with E-state index in [2.05, 4.69) is 21.6 Å². The average molecular weight is 565 g/mol. The Morgan fingerprint density at radius 1 is 0.949 bits per heavy atom. The van der Waals surface area contributed by atoms with Crippen LogP contribution in [0.25, 0.3) is 0 Å². The third kappa shape index (κ3) is 8.34. The third-order valence-corrected chi connectivity index (χ3v) is 11.5. The highest BCUT2D eigenvalue weighted by atomic mass is 32.2. The Bertz CT molecular complexity index is 802. The monoisotopic (exact) mass is 564 g/mol. The van der Waals surface area contributed by atoms with Crippen LogP contribution in [0.3, 0.4) is 0 Å². The lowest BCUT2D eigenvalue weighted by molar-refractivity contribution is -0.147. The average Bonchev–Trinajstić information content (AvgIpc) is 3.12. The van der Waals surface area contributed by atoms with E-state index in [1.54, 1.807) is 0 Å². The summed E-state index contributed by atoms with van der Waals surface area (Å²) in [4.78, 5) is 22.7. The summed E-state index contributed by atoms with van der Waals surface area (Å²) in [5, 5.41) is 11.4. The first kappa shape index (κ1) is 29.6. The Morgan fingerprint density at radius 2 is 1.72 bits per heavy atom. The molecule has 3 N–H and O–H groups in total. The zero-order valence-corrected chi connectivity index (χ0v) is 24.7. The van der Waals surface area contributed by atoms with Crippen molar-refractivity contribution in [3.05, 3.63) is 0 Å². The SMILES string of the molecule is NC(CC1CCCCC1)C(=O)OCCOCCN1CCN(C2=NC3CCC(O)CC3SC3CCCCC23)CC1. The van der Waals surface area contributed by atoms with Crippen LogP contribution in [0.15, 0.2) is 4.99 Å². The highest BCUT2D eigenvalue weighted by molar-refractivity contribution is 8.00.